The van der Waals surface area contributed by atoms with Crippen molar-refractivity contribution in [2.24, 2.45) is 5.73 Å². The normalized spacial score (nSPS) is 21.8. The van der Waals surface area contributed by atoms with E-state index in [-0.39, 0.29) is 5.56 Å². The van der Waals surface area contributed by atoms with Crippen molar-refractivity contribution < 1.29 is 0 Å². The van der Waals surface area contributed by atoms with Crippen LogP contribution in [0.1, 0.15) is 37.3 Å². The third-order valence-electron chi connectivity index (χ3n) is 3.58. The van der Waals surface area contributed by atoms with E-state index in [1.165, 1.54) is 12.8 Å². The lowest BCUT2D eigenvalue weighted by Crippen LogP contribution is -2.41. The molecule has 5 heteroatoms. The van der Waals surface area contributed by atoms with Crippen LogP contribution in [-0.4, -0.2) is 29.1 Å². The molecule has 0 amide bonds. The van der Waals surface area contributed by atoms with Gasteiger partial charge in [0.25, 0.3) is 5.56 Å². The molecular formula is C12H18N4O. The van der Waals surface area contributed by atoms with Gasteiger partial charge in [0.1, 0.15) is 0 Å². The summed E-state index contributed by atoms with van der Waals surface area (Å²) in [5.74, 6) is 1.24. The highest BCUT2D eigenvalue weighted by Gasteiger charge is 2.27. The molecule has 0 atom stereocenters. The Bertz CT molecular complexity index is 458. The Morgan fingerprint density at radius 1 is 1.29 bits per heavy atom. The van der Waals surface area contributed by atoms with Crippen LogP contribution in [0.25, 0.3) is 0 Å². The van der Waals surface area contributed by atoms with Crippen LogP contribution in [0.5, 0.6) is 0 Å². The van der Waals surface area contributed by atoms with Crippen molar-refractivity contribution in [3.05, 3.63) is 22.1 Å². The Kier molecular flexibility index (Phi) is 2.63. The van der Waals surface area contributed by atoms with E-state index in [1.807, 2.05) is 0 Å². The van der Waals surface area contributed by atoms with Gasteiger partial charge in [0.2, 0.25) is 5.95 Å². The molecule has 2 heterocycles. The van der Waals surface area contributed by atoms with Crippen LogP contribution in [0.4, 0.5) is 5.95 Å². The number of aromatic amines is 1. The van der Waals surface area contributed by atoms with Crippen molar-refractivity contribution in [2.45, 2.75) is 37.6 Å². The van der Waals surface area contributed by atoms with Gasteiger partial charge in [-0.2, -0.15) is 0 Å². The second kappa shape index (κ2) is 4.14. The third-order valence-corrected chi connectivity index (χ3v) is 3.58. The number of H-pyrrole nitrogens is 1. The van der Waals surface area contributed by atoms with Crippen LogP contribution in [0, 0.1) is 0 Å². The molecule has 3 rings (SSSR count). The zero-order valence-electron chi connectivity index (χ0n) is 9.85. The van der Waals surface area contributed by atoms with Crippen molar-refractivity contribution in [1.29, 1.82) is 0 Å². The van der Waals surface area contributed by atoms with E-state index in [1.54, 1.807) is 6.07 Å². The first kappa shape index (κ1) is 10.8. The molecule has 0 spiro atoms. The minimum atomic E-state index is -0.0354. The predicted molar refractivity (Wildman–Crippen MR) is 66.3 cm³/mol. The molecule has 2 fully saturated rings. The van der Waals surface area contributed by atoms with Crippen molar-refractivity contribution >= 4 is 5.95 Å². The smallest absolute Gasteiger partial charge is 0.252 e. The van der Waals surface area contributed by atoms with E-state index in [9.17, 15) is 4.79 Å². The molecule has 3 N–H and O–H groups in total. The Morgan fingerprint density at radius 3 is 2.65 bits per heavy atom. The first-order valence-electron chi connectivity index (χ1n) is 6.34. The molecule has 0 bridgehead atoms. The van der Waals surface area contributed by atoms with Gasteiger partial charge in [-0.3, -0.25) is 9.78 Å². The maximum absolute atomic E-state index is 11.6. The lowest BCUT2D eigenvalue weighted by Gasteiger charge is -2.30. The van der Waals surface area contributed by atoms with E-state index in [0.29, 0.717) is 12.0 Å². The number of piperidine rings is 1. The standard InChI is InChI=1S/C12H18N4O/c13-9-3-5-16(6-4-9)12-14-10(8-1-2-8)7-11(17)15-12/h7-9H,1-6,13H2,(H,14,15,17). The monoisotopic (exact) mass is 234 g/mol. The molecule has 1 aromatic heterocycles. The lowest BCUT2D eigenvalue weighted by atomic mass is 10.1. The van der Waals surface area contributed by atoms with Gasteiger partial charge < -0.3 is 10.6 Å². The Labute approximate surface area is 100 Å². The number of anilines is 1. The zero-order valence-corrected chi connectivity index (χ0v) is 9.85. The molecule has 0 aromatic carbocycles. The van der Waals surface area contributed by atoms with E-state index in [4.69, 9.17) is 5.73 Å². The van der Waals surface area contributed by atoms with Crippen LogP contribution in [0.3, 0.4) is 0 Å². The molecular weight excluding hydrogens is 216 g/mol. The highest BCUT2D eigenvalue weighted by molar-refractivity contribution is 5.32. The number of hydrogen-bond donors (Lipinski definition) is 2. The molecule has 0 unspecified atom stereocenters. The van der Waals surface area contributed by atoms with Crippen LogP contribution < -0.4 is 16.2 Å². The van der Waals surface area contributed by atoms with Crippen LogP contribution in [0.15, 0.2) is 10.9 Å². The second-order valence-corrected chi connectivity index (χ2v) is 5.09. The third kappa shape index (κ3) is 2.34. The number of aromatic nitrogens is 2. The fourth-order valence-electron chi connectivity index (χ4n) is 2.31. The van der Waals surface area contributed by atoms with Gasteiger partial charge in [-0.1, -0.05) is 0 Å². The summed E-state index contributed by atoms with van der Waals surface area (Å²) in [6, 6.07) is 1.93. The summed E-state index contributed by atoms with van der Waals surface area (Å²) < 4.78 is 0. The molecule has 1 aliphatic carbocycles. The molecule has 1 saturated carbocycles. The fourth-order valence-corrected chi connectivity index (χ4v) is 2.31. The van der Waals surface area contributed by atoms with E-state index in [2.05, 4.69) is 14.9 Å². The van der Waals surface area contributed by atoms with Gasteiger partial charge in [-0.25, -0.2) is 4.98 Å². The first-order valence-corrected chi connectivity index (χ1v) is 6.34. The molecule has 1 aromatic rings. The Balaban J connectivity index is 1.84. The fraction of sp³-hybridized carbons (Fsp3) is 0.667. The van der Waals surface area contributed by atoms with Crippen molar-refractivity contribution in [2.75, 3.05) is 18.0 Å². The summed E-state index contributed by atoms with van der Waals surface area (Å²) in [5.41, 5.74) is 6.80. The van der Waals surface area contributed by atoms with Crippen LogP contribution in [0.2, 0.25) is 0 Å². The minimum Gasteiger partial charge on any atom is -0.342 e. The van der Waals surface area contributed by atoms with E-state index >= 15 is 0 Å². The number of hydrogen-bond acceptors (Lipinski definition) is 4. The molecule has 1 saturated heterocycles. The topological polar surface area (TPSA) is 75.0 Å². The van der Waals surface area contributed by atoms with Crippen molar-refractivity contribution in [1.82, 2.24) is 9.97 Å². The summed E-state index contributed by atoms with van der Waals surface area (Å²) in [6.45, 7) is 1.77. The highest BCUT2D eigenvalue weighted by Crippen LogP contribution is 2.38. The highest BCUT2D eigenvalue weighted by atomic mass is 16.1. The number of nitrogens with one attached hydrogen (secondary N) is 1. The summed E-state index contributed by atoms with van der Waals surface area (Å²) >= 11 is 0. The Hall–Kier alpha value is -1.36. The lowest BCUT2D eigenvalue weighted by molar-refractivity contribution is 0.495. The molecule has 1 aliphatic heterocycles. The van der Waals surface area contributed by atoms with Gasteiger partial charge in [-0.05, 0) is 25.7 Å². The largest absolute Gasteiger partial charge is 0.342 e. The van der Waals surface area contributed by atoms with Crippen LogP contribution in [-0.2, 0) is 0 Å². The second-order valence-electron chi connectivity index (χ2n) is 5.09. The summed E-state index contributed by atoms with van der Waals surface area (Å²) in [6.07, 6.45) is 4.27. The molecule has 0 radical (unpaired) electrons. The van der Waals surface area contributed by atoms with Crippen molar-refractivity contribution in [3.8, 4) is 0 Å². The van der Waals surface area contributed by atoms with E-state index in [0.717, 1.165) is 37.6 Å². The number of rotatable bonds is 2. The van der Waals surface area contributed by atoms with Gasteiger partial charge in [0, 0.05) is 31.1 Å². The first-order chi connectivity index (χ1) is 8.22. The molecule has 2 aliphatic rings. The maximum Gasteiger partial charge on any atom is 0.252 e. The van der Waals surface area contributed by atoms with Gasteiger partial charge in [0.15, 0.2) is 0 Å². The predicted octanol–water partition coefficient (Wildman–Crippen LogP) is 0.575. The quantitative estimate of drug-likeness (QED) is 0.784. The molecule has 5 nitrogen and oxygen atoms in total. The maximum atomic E-state index is 11.6. The van der Waals surface area contributed by atoms with Crippen molar-refractivity contribution in [3.63, 3.8) is 0 Å². The minimum absolute atomic E-state index is 0.0354. The van der Waals surface area contributed by atoms with Gasteiger partial charge >= 0.3 is 0 Å². The summed E-state index contributed by atoms with van der Waals surface area (Å²) in [4.78, 5) is 21.1. The Morgan fingerprint density at radius 2 is 2.00 bits per heavy atom. The van der Waals surface area contributed by atoms with Crippen LogP contribution >= 0.6 is 0 Å². The average Bonchev–Trinajstić information content (AvgIpc) is 3.13. The number of nitrogens with zero attached hydrogens (tertiary/aromatic N) is 2. The average molecular weight is 234 g/mol. The number of nitrogens with two attached hydrogens (primary N) is 1. The molecule has 92 valence electrons. The summed E-state index contributed by atoms with van der Waals surface area (Å²) in [5, 5.41) is 0. The van der Waals surface area contributed by atoms with Gasteiger partial charge in [-0.15, -0.1) is 0 Å². The zero-order chi connectivity index (χ0) is 11.8. The van der Waals surface area contributed by atoms with E-state index < -0.39 is 0 Å². The van der Waals surface area contributed by atoms with Gasteiger partial charge in [0.05, 0.1) is 5.69 Å². The molecule has 17 heavy (non-hydrogen) atoms. The SMILES string of the molecule is NC1CCN(c2nc(C3CC3)cc(=O)[nH]2)CC1. The summed E-state index contributed by atoms with van der Waals surface area (Å²) in [7, 11) is 0.